The van der Waals surface area contributed by atoms with Crippen molar-refractivity contribution in [1.29, 1.82) is 0 Å². The molecule has 4 nitrogen and oxygen atoms in total. The molecule has 3 N–H and O–H groups in total. The Balaban J connectivity index is 1.62. The highest BCUT2D eigenvalue weighted by Crippen LogP contribution is 2.26. The zero-order valence-electron chi connectivity index (χ0n) is 15.4. The molecule has 0 spiro atoms. The number of amides is 1. The summed E-state index contributed by atoms with van der Waals surface area (Å²) in [6.07, 6.45) is -4.72. The summed E-state index contributed by atoms with van der Waals surface area (Å²) in [5, 5.41) is 3.12. The van der Waals surface area contributed by atoms with Gasteiger partial charge in [0.25, 0.3) is 0 Å². The number of halogens is 3. The Bertz CT molecular complexity index is 986. The van der Waals surface area contributed by atoms with Crippen LogP contribution in [0.5, 0.6) is 5.75 Å². The first-order chi connectivity index (χ1) is 13.8. The van der Waals surface area contributed by atoms with Crippen molar-refractivity contribution in [2.45, 2.75) is 19.5 Å². The van der Waals surface area contributed by atoms with E-state index in [1.165, 1.54) is 12.1 Å². The van der Waals surface area contributed by atoms with Crippen molar-refractivity contribution in [2.24, 2.45) is 5.73 Å². The van der Waals surface area contributed by atoms with Crippen LogP contribution in [-0.4, -0.2) is 12.3 Å². The number of alkyl halides is 3. The van der Waals surface area contributed by atoms with Crippen molar-refractivity contribution in [2.75, 3.05) is 0 Å². The lowest BCUT2D eigenvalue weighted by Gasteiger charge is -2.13. The van der Waals surface area contributed by atoms with Gasteiger partial charge in [0, 0.05) is 24.2 Å². The van der Waals surface area contributed by atoms with Crippen LogP contribution >= 0.6 is 0 Å². The molecule has 0 aliphatic rings. The molecule has 0 radical (unpaired) electrons. The Kier molecular flexibility index (Phi) is 6.19. The molecule has 3 aromatic rings. The average Bonchev–Trinajstić information content (AvgIpc) is 2.69. The van der Waals surface area contributed by atoms with Crippen molar-refractivity contribution < 1.29 is 22.7 Å². The molecule has 0 bridgehead atoms. The number of nitrogens with one attached hydrogen (secondary N) is 1. The summed E-state index contributed by atoms with van der Waals surface area (Å²) in [6, 6.07) is 20.7. The van der Waals surface area contributed by atoms with Gasteiger partial charge in [0.05, 0.1) is 0 Å². The van der Waals surface area contributed by atoms with Crippen molar-refractivity contribution in [3.8, 4) is 16.9 Å². The summed E-state index contributed by atoms with van der Waals surface area (Å²) in [5.74, 6) is -0.695. The van der Waals surface area contributed by atoms with Gasteiger partial charge in [-0.3, -0.25) is 4.79 Å². The summed E-state index contributed by atoms with van der Waals surface area (Å²) >= 11 is 0. The zero-order chi connectivity index (χ0) is 20.9. The van der Waals surface area contributed by atoms with E-state index in [2.05, 4.69) is 10.1 Å². The van der Waals surface area contributed by atoms with Crippen LogP contribution in [0.15, 0.2) is 72.8 Å². The van der Waals surface area contributed by atoms with Gasteiger partial charge >= 0.3 is 6.36 Å². The summed E-state index contributed by atoms with van der Waals surface area (Å²) in [6.45, 7) is 0.705. The smallest absolute Gasteiger partial charge is 0.405 e. The van der Waals surface area contributed by atoms with Gasteiger partial charge in [-0.1, -0.05) is 54.6 Å². The molecule has 150 valence electrons. The van der Waals surface area contributed by atoms with Gasteiger partial charge < -0.3 is 15.8 Å². The molecular formula is C22H19F3N2O2. The average molecular weight is 400 g/mol. The molecule has 0 atom stereocenters. The van der Waals surface area contributed by atoms with Crippen LogP contribution in [0.1, 0.15) is 21.5 Å². The maximum absolute atomic E-state index is 12.5. The lowest BCUT2D eigenvalue weighted by Crippen LogP contribution is -2.20. The quantitative estimate of drug-likeness (QED) is 0.607. The third-order valence-electron chi connectivity index (χ3n) is 4.28. The van der Waals surface area contributed by atoms with Crippen molar-refractivity contribution >= 4 is 5.91 Å². The molecule has 0 fully saturated rings. The van der Waals surface area contributed by atoms with Crippen LogP contribution in [0.4, 0.5) is 13.2 Å². The Morgan fingerprint density at radius 2 is 1.62 bits per heavy atom. The van der Waals surface area contributed by atoms with Crippen LogP contribution < -0.4 is 15.8 Å². The molecule has 0 unspecified atom stereocenters. The van der Waals surface area contributed by atoms with E-state index >= 15 is 0 Å². The molecular weight excluding hydrogens is 381 g/mol. The third-order valence-corrected chi connectivity index (χ3v) is 4.28. The second kappa shape index (κ2) is 8.79. The number of nitrogens with two attached hydrogens (primary N) is 1. The standard InChI is InChI=1S/C22H19F3N2O2/c23-22(24,25)29-20-7-2-1-4-19(20)14-27-13-15-8-10-16(11-9-15)17-5-3-6-18(12-17)21(26)28/h1-12,27H,13-14H2,(H2,26,28). The van der Waals surface area contributed by atoms with Crippen LogP contribution in [0.2, 0.25) is 0 Å². The molecule has 0 aromatic heterocycles. The van der Waals surface area contributed by atoms with E-state index in [-0.39, 0.29) is 12.3 Å². The minimum atomic E-state index is -4.72. The Labute approximate surface area is 166 Å². The van der Waals surface area contributed by atoms with Gasteiger partial charge in [-0.05, 0) is 34.9 Å². The van der Waals surface area contributed by atoms with Gasteiger partial charge in [0.1, 0.15) is 5.75 Å². The molecule has 0 aliphatic carbocycles. The van der Waals surface area contributed by atoms with E-state index in [9.17, 15) is 18.0 Å². The number of hydrogen-bond acceptors (Lipinski definition) is 3. The molecule has 0 saturated carbocycles. The fourth-order valence-corrected chi connectivity index (χ4v) is 2.88. The summed E-state index contributed by atoms with van der Waals surface area (Å²) in [5.41, 5.74) is 8.94. The molecule has 29 heavy (non-hydrogen) atoms. The lowest BCUT2D eigenvalue weighted by atomic mass is 10.0. The van der Waals surface area contributed by atoms with E-state index < -0.39 is 12.3 Å². The Morgan fingerprint density at radius 1 is 0.897 bits per heavy atom. The molecule has 0 aliphatic heterocycles. The highest BCUT2D eigenvalue weighted by atomic mass is 19.4. The minimum absolute atomic E-state index is 0.211. The normalized spacial score (nSPS) is 11.3. The molecule has 3 rings (SSSR count). The first-order valence-corrected chi connectivity index (χ1v) is 8.85. The largest absolute Gasteiger partial charge is 0.573 e. The number of para-hydroxylation sites is 1. The fourth-order valence-electron chi connectivity index (χ4n) is 2.88. The molecule has 0 heterocycles. The zero-order valence-corrected chi connectivity index (χ0v) is 15.4. The van der Waals surface area contributed by atoms with Crippen LogP contribution in [0.25, 0.3) is 11.1 Å². The van der Waals surface area contributed by atoms with Crippen LogP contribution in [0, 0.1) is 0 Å². The van der Waals surface area contributed by atoms with E-state index in [4.69, 9.17) is 5.73 Å². The number of ether oxygens (including phenoxy) is 1. The van der Waals surface area contributed by atoms with Gasteiger partial charge in [0.15, 0.2) is 0 Å². The monoisotopic (exact) mass is 400 g/mol. The molecule has 1 amide bonds. The summed E-state index contributed by atoms with van der Waals surface area (Å²) in [4.78, 5) is 11.3. The first-order valence-electron chi connectivity index (χ1n) is 8.85. The third kappa shape index (κ3) is 5.83. The molecule has 3 aromatic carbocycles. The Morgan fingerprint density at radius 3 is 2.31 bits per heavy atom. The van der Waals surface area contributed by atoms with Gasteiger partial charge in [-0.2, -0.15) is 0 Å². The number of rotatable bonds is 7. The van der Waals surface area contributed by atoms with Crippen molar-refractivity contribution in [3.63, 3.8) is 0 Å². The number of benzene rings is 3. The number of carbonyl (C=O) groups is 1. The van der Waals surface area contributed by atoms with Crippen molar-refractivity contribution in [3.05, 3.63) is 89.5 Å². The van der Waals surface area contributed by atoms with Crippen LogP contribution in [-0.2, 0) is 13.1 Å². The SMILES string of the molecule is NC(=O)c1cccc(-c2ccc(CNCc3ccccc3OC(F)(F)F)cc2)c1. The maximum Gasteiger partial charge on any atom is 0.573 e. The minimum Gasteiger partial charge on any atom is -0.405 e. The summed E-state index contributed by atoms with van der Waals surface area (Å²) < 4.78 is 41.5. The molecule has 0 saturated heterocycles. The topological polar surface area (TPSA) is 64.4 Å². The van der Waals surface area contributed by atoms with E-state index in [0.29, 0.717) is 17.7 Å². The van der Waals surface area contributed by atoms with Gasteiger partial charge in [-0.25, -0.2) is 0 Å². The van der Waals surface area contributed by atoms with Crippen molar-refractivity contribution in [1.82, 2.24) is 5.32 Å². The highest BCUT2D eigenvalue weighted by molar-refractivity contribution is 5.94. The molecule has 7 heteroatoms. The predicted molar refractivity (Wildman–Crippen MR) is 104 cm³/mol. The van der Waals surface area contributed by atoms with Gasteiger partial charge in [0.2, 0.25) is 5.91 Å². The fraction of sp³-hybridized carbons (Fsp3) is 0.136. The van der Waals surface area contributed by atoms with E-state index in [1.807, 2.05) is 30.3 Å². The first kappa shape index (κ1) is 20.4. The lowest BCUT2D eigenvalue weighted by molar-refractivity contribution is -0.274. The number of carbonyl (C=O) groups excluding carboxylic acids is 1. The van der Waals surface area contributed by atoms with E-state index in [0.717, 1.165) is 16.7 Å². The maximum atomic E-state index is 12.5. The Hall–Kier alpha value is -3.32. The van der Waals surface area contributed by atoms with Gasteiger partial charge in [-0.15, -0.1) is 13.2 Å². The van der Waals surface area contributed by atoms with E-state index in [1.54, 1.807) is 30.3 Å². The van der Waals surface area contributed by atoms with Crippen LogP contribution in [0.3, 0.4) is 0 Å². The second-order valence-electron chi connectivity index (χ2n) is 6.40. The predicted octanol–water partition coefficient (Wildman–Crippen LogP) is 4.64. The number of hydrogen-bond donors (Lipinski definition) is 2. The summed E-state index contributed by atoms with van der Waals surface area (Å²) in [7, 11) is 0. The second-order valence-corrected chi connectivity index (χ2v) is 6.40. The number of primary amides is 1. The highest BCUT2D eigenvalue weighted by Gasteiger charge is 2.31.